The summed E-state index contributed by atoms with van der Waals surface area (Å²) in [4.78, 5) is 17.5. The normalized spacial score (nSPS) is 17.4. The van der Waals surface area contributed by atoms with Crippen LogP contribution in [0.15, 0.2) is 29.3 Å². The second-order valence-electron chi connectivity index (χ2n) is 6.13. The summed E-state index contributed by atoms with van der Waals surface area (Å²) in [6.07, 6.45) is 4.75. The van der Waals surface area contributed by atoms with E-state index in [1.165, 1.54) is 0 Å². The van der Waals surface area contributed by atoms with Crippen molar-refractivity contribution >= 4 is 29.1 Å². The van der Waals surface area contributed by atoms with Crippen LogP contribution >= 0.6 is 0 Å². The van der Waals surface area contributed by atoms with Gasteiger partial charge in [0.2, 0.25) is 6.41 Å². The van der Waals surface area contributed by atoms with E-state index in [0.29, 0.717) is 11.5 Å². The lowest BCUT2D eigenvalue weighted by atomic mass is 10.0. The van der Waals surface area contributed by atoms with Crippen LogP contribution in [0.25, 0.3) is 10.8 Å². The molecule has 0 aliphatic carbocycles. The van der Waals surface area contributed by atoms with Crippen molar-refractivity contribution in [2.45, 2.75) is 25.8 Å². The van der Waals surface area contributed by atoms with Gasteiger partial charge in [-0.3, -0.25) is 15.5 Å². The van der Waals surface area contributed by atoms with Crippen molar-refractivity contribution in [1.82, 2.24) is 4.90 Å². The Morgan fingerprint density at radius 2 is 2.04 bits per heavy atom. The molecule has 1 aliphatic heterocycles. The van der Waals surface area contributed by atoms with E-state index in [2.05, 4.69) is 11.1 Å². The third-order valence-corrected chi connectivity index (χ3v) is 4.54. The first-order valence-electron chi connectivity index (χ1n) is 8.36. The van der Waals surface area contributed by atoms with E-state index >= 15 is 0 Å². The zero-order valence-corrected chi connectivity index (χ0v) is 14.6. The molecule has 6 nitrogen and oxygen atoms in total. The quantitative estimate of drug-likeness (QED) is 0.498. The number of nitrogens with two attached hydrogens (primary N) is 1. The zero-order valence-electron chi connectivity index (χ0n) is 14.6. The molecule has 6 heteroatoms. The number of methoxy groups -OCH3 is 1. The molecule has 1 aliphatic rings. The van der Waals surface area contributed by atoms with Crippen LogP contribution in [0.4, 0.5) is 5.69 Å². The molecule has 25 heavy (non-hydrogen) atoms. The van der Waals surface area contributed by atoms with Crippen molar-refractivity contribution in [2.75, 3.05) is 20.4 Å². The van der Waals surface area contributed by atoms with Gasteiger partial charge in [-0.2, -0.15) is 0 Å². The molecule has 2 N–H and O–H groups in total. The Bertz CT molecular complexity index is 804. The summed E-state index contributed by atoms with van der Waals surface area (Å²) in [6, 6.07) is 8.02. The van der Waals surface area contributed by atoms with Crippen molar-refractivity contribution in [1.29, 1.82) is 0 Å². The van der Waals surface area contributed by atoms with Crippen LogP contribution in [0.5, 0.6) is 11.5 Å². The van der Waals surface area contributed by atoms with Gasteiger partial charge in [0.25, 0.3) is 0 Å². The molecular weight excluding hydrogens is 318 g/mol. The van der Waals surface area contributed by atoms with E-state index in [0.717, 1.165) is 47.8 Å². The molecule has 2 aromatic rings. The van der Waals surface area contributed by atoms with Crippen molar-refractivity contribution in [3.05, 3.63) is 29.8 Å². The third kappa shape index (κ3) is 3.58. The number of hydrogen-bond acceptors (Lipinski definition) is 5. The molecule has 1 amide bonds. The van der Waals surface area contributed by atoms with Gasteiger partial charge in [0.1, 0.15) is 6.73 Å². The van der Waals surface area contributed by atoms with Gasteiger partial charge in [-0.25, -0.2) is 0 Å². The Kier molecular flexibility index (Phi) is 5.19. The van der Waals surface area contributed by atoms with E-state index < -0.39 is 0 Å². The molecule has 1 unspecified atom stereocenters. The maximum absolute atomic E-state index is 11.1. The Morgan fingerprint density at radius 3 is 2.76 bits per heavy atom. The lowest BCUT2D eigenvalue weighted by Crippen LogP contribution is -2.28. The number of likely N-dealkylation sites (tertiary alicyclic amines) is 1. The van der Waals surface area contributed by atoms with Crippen LogP contribution in [0.1, 0.15) is 18.4 Å². The Hall–Kier alpha value is -2.60. The zero-order chi connectivity index (χ0) is 17.8. The number of carbonyl (C=O) groups is 1. The summed E-state index contributed by atoms with van der Waals surface area (Å²) in [5.41, 5.74) is 7.44. The standard InChI is InChI=1S/C19H23N3O3/c1-13-6-14-8-18(24-2)19(25-11-20)9-15(14)7-17(13)21-10-16-4-3-5-22(16)12-23/h6-10,12,16H,3-5,11,20H2,1-2H3. The number of aryl methyl sites for hydroxylation is 1. The molecule has 0 bridgehead atoms. The minimum atomic E-state index is 0.0830. The summed E-state index contributed by atoms with van der Waals surface area (Å²) >= 11 is 0. The fourth-order valence-electron chi connectivity index (χ4n) is 3.18. The van der Waals surface area contributed by atoms with Crippen LogP contribution in [0.2, 0.25) is 0 Å². The topological polar surface area (TPSA) is 77.1 Å². The molecule has 1 atom stereocenters. The first-order valence-corrected chi connectivity index (χ1v) is 8.36. The Balaban J connectivity index is 1.96. The number of benzene rings is 2. The number of carbonyl (C=O) groups excluding carboxylic acids is 1. The third-order valence-electron chi connectivity index (χ3n) is 4.54. The number of hydrogen-bond donors (Lipinski definition) is 1. The average molecular weight is 341 g/mol. The molecule has 1 heterocycles. The van der Waals surface area contributed by atoms with E-state index in [9.17, 15) is 4.79 Å². The number of rotatable bonds is 6. The first-order chi connectivity index (χ1) is 12.2. The number of nitrogens with zero attached hydrogens (tertiary/aromatic N) is 2. The maximum Gasteiger partial charge on any atom is 0.210 e. The Morgan fingerprint density at radius 1 is 1.28 bits per heavy atom. The number of amides is 1. The smallest absolute Gasteiger partial charge is 0.210 e. The van der Waals surface area contributed by atoms with Crippen LogP contribution in [-0.2, 0) is 4.79 Å². The van der Waals surface area contributed by atoms with Crippen molar-refractivity contribution < 1.29 is 14.3 Å². The summed E-state index contributed by atoms with van der Waals surface area (Å²) in [5.74, 6) is 1.26. The first kappa shape index (κ1) is 17.2. The van der Waals surface area contributed by atoms with Crippen LogP contribution < -0.4 is 15.2 Å². The molecule has 3 rings (SSSR count). The largest absolute Gasteiger partial charge is 0.493 e. The van der Waals surface area contributed by atoms with Gasteiger partial charge in [-0.15, -0.1) is 0 Å². The minimum Gasteiger partial charge on any atom is -0.493 e. The highest BCUT2D eigenvalue weighted by Crippen LogP contribution is 2.35. The maximum atomic E-state index is 11.1. The lowest BCUT2D eigenvalue weighted by Gasteiger charge is -2.15. The van der Waals surface area contributed by atoms with E-state index in [1.54, 1.807) is 12.0 Å². The van der Waals surface area contributed by atoms with Crippen LogP contribution in [-0.4, -0.2) is 44.0 Å². The van der Waals surface area contributed by atoms with Gasteiger partial charge >= 0.3 is 0 Å². The van der Waals surface area contributed by atoms with E-state index in [4.69, 9.17) is 15.2 Å². The monoisotopic (exact) mass is 341 g/mol. The van der Waals surface area contributed by atoms with Gasteiger partial charge in [-0.1, -0.05) is 0 Å². The second-order valence-corrected chi connectivity index (χ2v) is 6.13. The van der Waals surface area contributed by atoms with Gasteiger partial charge in [0.05, 0.1) is 18.8 Å². The highest BCUT2D eigenvalue weighted by molar-refractivity contribution is 5.90. The molecule has 132 valence electrons. The van der Waals surface area contributed by atoms with Gasteiger partial charge in [-0.05, 0) is 60.4 Å². The van der Waals surface area contributed by atoms with E-state index in [1.807, 2.05) is 31.3 Å². The predicted molar refractivity (Wildman–Crippen MR) is 98.9 cm³/mol. The van der Waals surface area contributed by atoms with E-state index in [-0.39, 0.29) is 12.8 Å². The molecular formula is C19H23N3O3. The van der Waals surface area contributed by atoms with Crippen LogP contribution in [0.3, 0.4) is 0 Å². The number of aliphatic imine (C=N–C) groups is 1. The summed E-state index contributed by atoms with van der Waals surface area (Å²) in [5, 5.41) is 2.05. The summed E-state index contributed by atoms with van der Waals surface area (Å²) in [6.45, 7) is 2.91. The molecule has 1 fully saturated rings. The number of fused-ring (bicyclic) bond motifs is 1. The Labute approximate surface area is 147 Å². The fraction of sp³-hybridized carbons (Fsp3) is 0.368. The molecule has 0 radical (unpaired) electrons. The van der Waals surface area contributed by atoms with Crippen molar-refractivity contribution in [3.63, 3.8) is 0 Å². The predicted octanol–water partition coefficient (Wildman–Crippen LogP) is 2.77. The fourth-order valence-corrected chi connectivity index (χ4v) is 3.18. The van der Waals surface area contributed by atoms with Crippen molar-refractivity contribution in [2.24, 2.45) is 10.7 Å². The SMILES string of the molecule is COc1cc2cc(C)c(N=CC3CCCN3C=O)cc2cc1OCN. The van der Waals surface area contributed by atoms with Gasteiger partial charge in [0, 0.05) is 12.8 Å². The summed E-state index contributed by atoms with van der Waals surface area (Å²) in [7, 11) is 1.61. The highest BCUT2D eigenvalue weighted by Gasteiger charge is 2.20. The minimum absolute atomic E-state index is 0.0830. The molecule has 0 saturated carbocycles. The summed E-state index contributed by atoms with van der Waals surface area (Å²) < 4.78 is 10.8. The van der Waals surface area contributed by atoms with Crippen LogP contribution in [0, 0.1) is 6.92 Å². The molecule has 0 aromatic heterocycles. The number of ether oxygens (including phenoxy) is 2. The highest BCUT2D eigenvalue weighted by atomic mass is 16.5. The lowest BCUT2D eigenvalue weighted by molar-refractivity contribution is -0.117. The average Bonchev–Trinajstić information content (AvgIpc) is 3.07. The van der Waals surface area contributed by atoms with Gasteiger partial charge < -0.3 is 14.4 Å². The second kappa shape index (κ2) is 7.53. The molecule has 2 aromatic carbocycles. The molecule has 0 spiro atoms. The van der Waals surface area contributed by atoms with Gasteiger partial charge in [0.15, 0.2) is 11.5 Å². The molecule has 1 saturated heterocycles. The van der Waals surface area contributed by atoms with Crippen molar-refractivity contribution in [3.8, 4) is 11.5 Å².